The molecule has 0 aliphatic heterocycles. The molecule has 4 nitrogen and oxygen atoms in total. The second-order valence-corrected chi connectivity index (χ2v) is 3.73. The molecule has 0 N–H and O–H groups in total. The van der Waals surface area contributed by atoms with Crippen LogP contribution in [0.2, 0.25) is 0 Å². The molecule has 1 aromatic heterocycles. The number of pyridine rings is 1. The van der Waals surface area contributed by atoms with Gasteiger partial charge in [0.05, 0.1) is 18.5 Å². The third kappa shape index (κ3) is 3.24. The summed E-state index contributed by atoms with van der Waals surface area (Å²) in [5.41, 5.74) is 0.933. The molecule has 1 rings (SSSR count). The summed E-state index contributed by atoms with van der Waals surface area (Å²) >= 11 is 3.81. The lowest BCUT2D eigenvalue weighted by molar-refractivity contribution is 0.206. The minimum Gasteiger partial charge on any atom is -0.326 e. The lowest BCUT2D eigenvalue weighted by Crippen LogP contribution is -2.30. The maximum Gasteiger partial charge on any atom is 0.279 e. The summed E-state index contributed by atoms with van der Waals surface area (Å²) in [6.45, 7) is 2.28. The fraction of sp³-hybridized carbons (Fsp3) is 0.364. The molecule has 0 saturated heterocycles. The van der Waals surface area contributed by atoms with Gasteiger partial charge >= 0.3 is 0 Å². The fourth-order valence-electron chi connectivity index (χ4n) is 1.43. The van der Waals surface area contributed by atoms with E-state index in [2.05, 4.69) is 17.6 Å². The quantitative estimate of drug-likeness (QED) is 0.815. The van der Waals surface area contributed by atoms with Gasteiger partial charge in [-0.3, -0.25) is 9.78 Å². The van der Waals surface area contributed by atoms with Gasteiger partial charge < -0.3 is 4.90 Å². The van der Waals surface area contributed by atoms with Crippen LogP contribution in [0.15, 0.2) is 24.5 Å². The Morgan fingerprint density at radius 2 is 2.50 bits per heavy atom. The monoisotopic (exact) mass is 235 g/mol. The number of hydrogen-bond acceptors (Lipinski definition) is 3. The number of carbonyl (C=O) groups is 1. The van der Waals surface area contributed by atoms with E-state index in [4.69, 9.17) is 5.26 Å². The van der Waals surface area contributed by atoms with E-state index in [0.717, 1.165) is 5.56 Å². The molecule has 1 amide bonds. The predicted octanol–water partition coefficient (Wildman–Crippen LogP) is 2.41. The molecule has 1 heterocycles. The van der Waals surface area contributed by atoms with Crippen LogP contribution in [0, 0.1) is 11.3 Å². The fourth-order valence-corrected chi connectivity index (χ4v) is 1.70. The van der Waals surface area contributed by atoms with Crippen LogP contribution in [-0.4, -0.2) is 21.7 Å². The van der Waals surface area contributed by atoms with Crippen LogP contribution in [0.5, 0.6) is 0 Å². The van der Waals surface area contributed by atoms with Crippen LogP contribution >= 0.6 is 12.6 Å². The van der Waals surface area contributed by atoms with Gasteiger partial charge in [0.25, 0.3) is 5.24 Å². The largest absolute Gasteiger partial charge is 0.326 e. The minimum atomic E-state index is -0.327. The van der Waals surface area contributed by atoms with Crippen LogP contribution < -0.4 is 0 Å². The zero-order valence-corrected chi connectivity index (χ0v) is 9.89. The number of thiol groups is 1. The van der Waals surface area contributed by atoms with E-state index in [0.29, 0.717) is 13.0 Å². The van der Waals surface area contributed by atoms with Crippen LogP contribution in [0.25, 0.3) is 0 Å². The van der Waals surface area contributed by atoms with Crippen molar-refractivity contribution in [2.75, 3.05) is 6.54 Å². The van der Waals surface area contributed by atoms with Crippen LogP contribution in [-0.2, 0) is 0 Å². The zero-order chi connectivity index (χ0) is 12.0. The molecule has 0 aliphatic carbocycles. The third-order valence-corrected chi connectivity index (χ3v) is 2.60. The van der Waals surface area contributed by atoms with Crippen molar-refractivity contribution in [2.24, 2.45) is 0 Å². The summed E-state index contributed by atoms with van der Waals surface area (Å²) in [6.07, 6.45) is 3.69. The number of hydrogen-bond donors (Lipinski definition) is 1. The second kappa shape index (κ2) is 6.13. The summed E-state index contributed by atoms with van der Waals surface area (Å²) in [4.78, 5) is 16.9. The Labute approximate surface area is 100 Å². The van der Waals surface area contributed by atoms with Crippen LogP contribution in [0.3, 0.4) is 0 Å². The van der Waals surface area contributed by atoms with Crippen LogP contribution in [0.1, 0.15) is 24.9 Å². The average molecular weight is 235 g/mol. The Hall–Kier alpha value is -1.54. The molecule has 0 radical (unpaired) electrons. The first-order chi connectivity index (χ1) is 7.66. The normalized spacial score (nSPS) is 11.6. The first kappa shape index (κ1) is 12.5. The van der Waals surface area contributed by atoms with Gasteiger partial charge in [-0.05, 0) is 18.6 Å². The zero-order valence-electron chi connectivity index (χ0n) is 9.00. The minimum absolute atomic E-state index is 0.118. The molecular formula is C11H13N3OS. The van der Waals surface area contributed by atoms with E-state index >= 15 is 0 Å². The molecule has 1 unspecified atom stereocenters. The van der Waals surface area contributed by atoms with Gasteiger partial charge in [-0.15, -0.1) is 0 Å². The Morgan fingerprint density at radius 3 is 3.00 bits per heavy atom. The van der Waals surface area contributed by atoms with Gasteiger partial charge in [0, 0.05) is 18.9 Å². The average Bonchev–Trinajstić information content (AvgIpc) is 2.30. The summed E-state index contributed by atoms with van der Waals surface area (Å²) in [7, 11) is 0. The van der Waals surface area contributed by atoms with E-state index in [1.165, 1.54) is 0 Å². The summed E-state index contributed by atoms with van der Waals surface area (Å²) < 4.78 is 0. The molecule has 0 aliphatic rings. The van der Waals surface area contributed by atoms with E-state index in [9.17, 15) is 4.79 Å². The molecule has 1 atom stereocenters. The van der Waals surface area contributed by atoms with Gasteiger partial charge in [-0.1, -0.05) is 18.7 Å². The van der Waals surface area contributed by atoms with Crippen molar-refractivity contribution in [1.29, 1.82) is 5.26 Å². The first-order valence-electron chi connectivity index (χ1n) is 4.93. The smallest absolute Gasteiger partial charge is 0.279 e. The highest BCUT2D eigenvalue weighted by Gasteiger charge is 2.18. The number of carbonyl (C=O) groups excluding carboxylic acids is 1. The van der Waals surface area contributed by atoms with E-state index in [1.54, 1.807) is 17.3 Å². The molecule has 5 heteroatoms. The topological polar surface area (TPSA) is 57.0 Å². The lowest BCUT2D eigenvalue weighted by atomic mass is 10.1. The molecule has 0 fully saturated rings. The van der Waals surface area contributed by atoms with Gasteiger partial charge in [-0.2, -0.15) is 5.26 Å². The van der Waals surface area contributed by atoms with Gasteiger partial charge in [0.15, 0.2) is 0 Å². The highest BCUT2D eigenvalue weighted by Crippen LogP contribution is 2.20. The molecule has 16 heavy (non-hydrogen) atoms. The van der Waals surface area contributed by atoms with Gasteiger partial charge in [0.2, 0.25) is 0 Å². The Bertz CT molecular complexity index is 388. The molecule has 84 valence electrons. The number of nitriles is 1. The van der Waals surface area contributed by atoms with Gasteiger partial charge in [0.1, 0.15) is 0 Å². The highest BCUT2D eigenvalue weighted by atomic mass is 32.1. The maximum atomic E-state index is 11.3. The maximum absolute atomic E-state index is 11.3. The Morgan fingerprint density at radius 1 is 1.75 bits per heavy atom. The van der Waals surface area contributed by atoms with Crippen molar-refractivity contribution in [3.8, 4) is 6.07 Å². The van der Waals surface area contributed by atoms with Crippen molar-refractivity contribution >= 4 is 17.9 Å². The highest BCUT2D eigenvalue weighted by molar-refractivity contribution is 7.96. The Kier molecular flexibility index (Phi) is 4.80. The van der Waals surface area contributed by atoms with Crippen molar-refractivity contribution in [1.82, 2.24) is 9.88 Å². The van der Waals surface area contributed by atoms with E-state index in [-0.39, 0.29) is 11.3 Å². The second-order valence-electron chi connectivity index (χ2n) is 3.35. The molecule has 1 aromatic rings. The van der Waals surface area contributed by atoms with Crippen molar-refractivity contribution in [3.05, 3.63) is 30.1 Å². The van der Waals surface area contributed by atoms with E-state index < -0.39 is 0 Å². The molecule has 0 aromatic carbocycles. The number of aromatic nitrogens is 1. The predicted molar refractivity (Wildman–Crippen MR) is 64.0 cm³/mol. The third-order valence-electron chi connectivity index (χ3n) is 2.34. The number of amides is 1. The summed E-state index contributed by atoms with van der Waals surface area (Å²) in [5, 5.41) is 8.20. The lowest BCUT2D eigenvalue weighted by Gasteiger charge is -2.26. The molecule has 0 spiro atoms. The molecular weight excluding hydrogens is 222 g/mol. The summed E-state index contributed by atoms with van der Waals surface area (Å²) in [5.74, 6) is 0. The Balaban J connectivity index is 2.79. The van der Waals surface area contributed by atoms with Crippen molar-refractivity contribution < 1.29 is 4.79 Å². The van der Waals surface area contributed by atoms with Crippen molar-refractivity contribution in [2.45, 2.75) is 19.4 Å². The first-order valence-corrected chi connectivity index (χ1v) is 5.38. The molecule has 0 saturated carbocycles. The number of rotatable bonds is 4. The SMILES string of the molecule is CC(c1cccnc1)N(CCC#N)C(=O)S. The van der Waals surface area contributed by atoms with Crippen LogP contribution in [0.4, 0.5) is 4.79 Å². The van der Waals surface area contributed by atoms with Crippen molar-refractivity contribution in [3.63, 3.8) is 0 Å². The van der Waals surface area contributed by atoms with Gasteiger partial charge in [-0.25, -0.2) is 0 Å². The van der Waals surface area contributed by atoms with E-state index in [1.807, 2.05) is 25.1 Å². The summed E-state index contributed by atoms with van der Waals surface area (Å²) in [6, 6.07) is 5.61. The standard InChI is InChI=1S/C11H13N3OS/c1-9(10-4-2-6-13-8-10)14(11(15)16)7-3-5-12/h2,4,6,8-9H,3,7H2,1H3,(H,15,16). The molecule has 0 bridgehead atoms. The number of nitrogens with zero attached hydrogens (tertiary/aromatic N) is 3.